The van der Waals surface area contributed by atoms with Crippen LogP contribution in [0.25, 0.3) is 0 Å². The van der Waals surface area contributed by atoms with Crippen LogP contribution < -0.4 is 10.6 Å². The van der Waals surface area contributed by atoms with E-state index in [0.29, 0.717) is 12.4 Å². The van der Waals surface area contributed by atoms with Gasteiger partial charge in [0, 0.05) is 31.2 Å². The number of rotatable bonds is 4. The summed E-state index contributed by atoms with van der Waals surface area (Å²) in [5.74, 6) is 0.579. The molecule has 0 fully saturated rings. The Kier molecular flexibility index (Phi) is 4.12. The fourth-order valence-corrected chi connectivity index (χ4v) is 1.74. The van der Waals surface area contributed by atoms with E-state index in [9.17, 15) is 4.79 Å². The third-order valence-electron chi connectivity index (χ3n) is 2.66. The van der Waals surface area contributed by atoms with E-state index in [0.717, 1.165) is 5.56 Å². The zero-order valence-corrected chi connectivity index (χ0v) is 11.0. The number of hydrogen-bond donors (Lipinski definition) is 2. The smallest absolute Gasteiger partial charge is 0.320 e. The molecule has 6 nitrogen and oxygen atoms in total. The van der Waals surface area contributed by atoms with Crippen LogP contribution in [0.15, 0.2) is 37.1 Å². The number of hydrogen-bond acceptors (Lipinski definition) is 3. The lowest BCUT2D eigenvalue weighted by Crippen LogP contribution is -2.38. The normalized spacial score (nSPS) is 11.9. The lowest BCUT2D eigenvalue weighted by molar-refractivity contribution is 0.248. The maximum absolute atomic E-state index is 11.8. The van der Waals surface area contributed by atoms with Crippen LogP contribution in [0.3, 0.4) is 0 Å². The van der Waals surface area contributed by atoms with Crippen LogP contribution in [0.2, 0.25) is 0 Å². The van der Waals surface area contributed by atoms with Crippen molar-refractivity contribution in [2.45, 2.75) is 26.4 Å². The first-order valence-corrected chi connectivity index (χ1v) is 6.10. The summed E-state index contributed by atoms with van der Waals surface area (Å²) in [5, 5.41) is 5.59. The van der Waals surface area contributed by atoms with E-state index in [4.69, 9.17) is 0 Å². The van der Waals surface area contributed by atoms with Crippen molar-refractivity contribution in [1.82, 2.24) is 19.9 Å². The Morgan fingerprint density at radius 1 is 1.47 bits per heavy atom. The first-order valence-electron chi connectivity index (χ1n) is 6.10. The summed E-state index contributed by atoms with van der Waals surface area (Å²) in [5.41, 5.74) is 0.930. The Balaban J connectivity index is 1.86. The summed E-state index contributed by atoms with van der Waals surface area (Å²) in [6.45, 7) is 4.51. The first-order chi connectivity index (χ1) is 9.15. The Morgan fingerprint density at radius 3 is 3.00 bits per heavy atom. The summed E-state index contributed by atoms with van der Waals surface area (Å²) in [6, 6.07) is 3.48. The minimum atomic E-state index is -0.255. The predicted molar refractivity (Wildman–Crippen MR) is 72.8 cm³/mol. The second-order valence-corrected chi connectivity index (χ2v) is 4.43. The molecule has 2 N–H and O–H groups in total. The Hall–Kier alpha value is -2.37. The molecule has 0 aliphatic carbocycles. The van der Waals surface area contributed by atoms with Crippen molar-refractivity contribution in [3.63, 3.8) is 0 Å². The number of aryl methyl sites for hydroxylation is 1. The molecule has 0 unspecified atom stereocenters. The van der Waals surface area contributed by atoms with E-state index in [-0.39, 0.29) is 12.1 Å². The van der Waals surface area contributed by atoms with Crippen LogP contribution in [-0.2, 0) is 6.54 Å². The lowest BCUT2D eigenvalue weighted by Gasteiger charge is -2.15. The summed E-state index contributed by atoms with van der Waals surface area (Å²) >= 11 is 0. The average Bonchev–Trinajstić information content (AvgIpc) is 2.84. The fourth-order valence-electron chi connectivity index (χ4n) is 1.74. The number of aromatic nitrogens is 3. The van der Waals surface area contributed by atoms with Gasteiger partial charge in [0.1, 0.15) is 5.82 Å². The Labute approximate surface area is 111 Å². The van der Waals surface area contributed by atoms with Crippen LogP contribution in [-0.4, -0.2) is 26.6 Å². The van der Waals surface area contributed by atoms with Crippen LogP contribution in [0, 0.1) is 6.92 Å². The molecule has 0 saturated heterocycles. The molecule has 2 aromatic heterocycles. The lowest BCUT2D eigenvalue weighted by atomic mass is 10.3. The monoisotopic (exact) mass is 259 g/mol. The number of urea groups is 1. The molecule has 0 bridgehead atoms. The fraction of sp³-hybridized carbons (Fsp3) is 0.308. The van der Waals surface area contributed by atoms with Gasteiger partial charge in [0.05, 0.1) is 6.33 Å². The molecule has 0 aromatic carbocycles. The first kappa shape index (κ1) is 13.1. The molecule has 100 valence electrons. The average molecular weight is 259 g/mol. The molecule has 2 rings (SSSR count). The van der Waals surface area contributed by atoms with E-state index >= 15 is 0 Å². The van der Waals surface area contributed by atoms with Crippen molar-refractivity contribution >= 4 is 11.8 Å². The zero-order chi connectivity index (χ0) is 13.7. The topological polar surface area (TPSA) is 71.8 Å². The molecule has 0 radical (unpaired) electrons. The summed E-state index contributed by atoms with van der Waals surface area (Å²) in [6.07, 6.45) is 6.94. The summed E-state index contributed by atoms with van der Waals surface area (Å²) < 4.78 is 1.91. The summed E-state index contributed by atoms with van der Waals surface area (Å²) in [4.78, 5) is 19.9. The van der Waals surface area contributed by atoms with Gasteiger partial charge in [0.25, 0.3) is 0 Å². The molecule has 19 heavy (non-hydrogen) atoms. The number of anilines is 1. The van der Waals surface area contributed by atoms with E-state index in [1.165, 1.54) is 0 Å². The van der Waals surface area contributed by atoms with Gasteiger partial charge < -0.3 is 9.88 Å². The number of amides is 2. The van der Waals surface area contributed by atoms with E-state index < -0.39 is 0 Å². The maximum atomic E-state index is 11.8. The highest BCUT2D eigenvalue weighted by atomic mass is 16.2. The van der Waals surface area contributed by atoms with Crippen molar-refractivity contribution in [2.24, 2.45) is 0 Å². The van der Waals surface area contributed by atoms with Crippen molar-refractivity contribution in [1.29, 1.82) is 0 Å². The van der Waals surface area contributed by atoms with Gasteiger partial charge in [0.15, 0.2) is 0 Å². The molecule has 0 aliphatic heterocycles. The van der Waals surface area contributed by atoms with Crippen LogP contribution >= 0.6 is 0 Å². The van der Waals surface area contributed by atoms with Crippen molar-refractivity contribution in [3.8, 4) is 0 Å². The number of nitrogens with one attached hydrogen (secondary N) is 2. The van der Waals surface area contributed by atoms with Crippen LogP contribution in [0.5, 0.6) is 0 Å². The molecular formula is C13H17N5O. The predicted octanol–water partition coefficient (Wildman–Crippen LogP) is 1.80. The third kappa shape index (κ3) is 3.80. The van der Waals surface area contributed by atoms with E-state index in [1.807, 2.05) is 36.7 Å². The number of imidazole rings is 1. The molecule has 1 atom stereocenters. The van der Waals surface area contributed by atoms with Crippen LogP contribution in [0.4, 0.5) is 10.6 Å². The third-order valence-corrected chi connectivity index (χ3v) is 2.66. The van der Waals surface area contributed by atoms with Gasteiger partial charge >= 0.3 is 6.03 Å². The van der Waals surface area contributed by atoms with Gasteiger partial charge in [-0.2, -0.15) is 0 Å². The van der Waals surface area contributed by atoms with Gasteiger partial charge in [-0.3, -0.25) is 5.32 Å². The van der Waals surface area contributed by atoms with Gasteiger partial charge in [-0.15, -0.1) is 0 Å². The number of nitrogens with zero attached hydrogens (tertiary/aromatic N) is 3. The van der Waals surface area contributed by atoms with Gasteiger partial charge in [-0.05, 0) is 25.5 Å². The molecule has 2 heterocycles. The molecule has 2 aromatic rings. The van der Waals surface area contributed by atoms with E-state index in [1.54, 1.807) is 18.7 Å². The number of carbonyl (C=O) groups excluding carboxylic acids is 1. The van der Waals surface area contributed by atoms with Gasteiger partial charge in [-0.1, -0.05) is 6.07 Å². The maximum Gasteiger partial charge on any atom is 0.320 e. The molecule has 6 heteroatoms. The number of pyridine rings is 1. The zero-order valence-electron chi connectivity index (χ0n) is 11.0. The van der Waals surface area contributed by atoms with E-state index in [2.05, 4.69) is 20.6 Å². The highest BCUT2D eigenvalue weighted by Gasteiger charge is 2.09. The van der Waals surface area contributed by atoms with Gasteiger partial charge in [0.2, 0.25) is 0 Å². The quantitative estimate of drug-likeness (QED) is 0.879. The van der Waals surface area contributed by atoms with Gasteiger partial charge in [-0.25, -0.2) is 14.8 Å². The summed E-state index contributed by atoms with van der Waals surface area (Å²) in [7, 11) is 0. The molecule has 0 spiro atoms. The SMILES string of the molecule is Cc1cccnc1NC(=O)N[C@@H](C)Cn1ccnc1. The molecule has 0 aliphatic rings. The molecular weight excluding hydrogens is 242 g/mol. The highest BCUT2D eigenvalue weighted by Crippen LogP contribution is 2.08. The second-order valence-electron chi connectivity index (χ2n) is 4.43. The highest BCUT2D eigenvalue weighted by molar-refractivity contribution is 5.89. The van der Waals surface area contributed by atoms with Crippen LogP contribution in [0.1, 0.15) is 12.5 Å². The van der Waals surface area contributed by atoms with Crippen molar-refractivity contribution in [2.75, 3.05) is 5.32 Å². The minimum Gasteiger partial charge on any atom is -0.335 e. The molecule has 0 saturated carbocycles. The number of carbonyl (C=O) groups is 1. The largest absolute Gasteiger partial charge is 0.335 e. The second kappa shape index (κ2) is 5.99. The van der Waals surface area contributed by atoms with Crippen molar-refractivity contribution in [3.05, 3.63) is 42.6 Å². The Morgan fingerprint density at radius 2 is 2.32 bits per heavy atom. The minimum absolute atomic E-state index is 0.00165. The molecule has 2 amide bonds. The Bertz CT molecular complexity index is 538. The standard InChI is InChI=1S/C13H17N5O/c1-10-4-3-5-15-12(10)17-13(19)16-11(2)8-18-7-6-14-9-18/h3-7,9,11H,8H2,1-2H3,(H2,15,16,17,19)/t11-/m0/s1. The van der Waals surface area contributed by atoms with Crippen molar-refractivity contribution < 1.29 is 4.79 Å².